The van der Waals surface area contributed by atoms with Crippen LogP contribution in [-0.4, -0.2) is 104 Å². The summed E-state index contributed by atoms with van der Waals surface area (Å²) in [7, 11) is -7.67. The number of nitrogens with zero attached hydrogens (tertiary/aromatic N) is 3. The topological polar surface area (TPSA) is 282 Å². The molecule has 2 aliphatic carbocycles. The van der Waals surface area contributed by atoms with Crippen molar-refractivity contribution in [1.82, 2.24) is 19.7 Å². The number of nitro benzene ring substituents is 2. The first-order chi connectivity index (χ1) is 37.2. The molecule has 2 fully saturated rings. The van der Waals surface area contributed by atoms with Crippen molar-refractivity contribution >= 4 is 73.0 Å². The average Bonchev–Trinajstić information content (AvgIpc) is 4.13. The van der Waals surface area contributed by atoms with E-state index >= 15 is 0 Å². The van der Waals surface area contributed by atoms with Crippen LogP contribution >= 0.6 is 23.2 Å². The van der Waals surface area contributed by atoms with E-state index in [1.165, 1.54) is 42.0 Å². The molecule has 4 atom stereocenters. The number of non-ortho nitro benzene ring substituents is 2. The lowest BCUT2D eigenvalue weighted by atomic mass is 10.1. The summed E-state index contributed by atoms with van der Waals surface area (Å²) in [6.45, 7) is 16.6. The van der Waals surface area contributed by atoms with Gasteiger partial charge in [0, 0.05) is 59.0 Å². The normalized spacial score (nSPS) is 17.2. The van der Waals surface area contributed by atoms with E-state index < -0.39 is 71.1 Å². The highest BCUT2D eigenvalue weighted by atomic mass is 35.5. The zero-order valence-electron chi connectivity index (χ0n) is 46.6. The third-order valence-corrected chi connectivity index (χ3v) is 15.6. The van der Waals surface area contributed by atoms with Crippen LogP contribution in [0.15, 0.2) is 107 Å². The number of halogens is 2. The summed E-state index contributed by atoms with van der Waals surface area (Å²) < 4.78 is 76.3. The molecule has 0 aromatic heterocycles. The third kappa shape index (κ3) is 25.0. The monoisotopic (exact) mass is 1210 g/mol. The summed E-state index contributed by atoms with van der Waals surface area (Å²) in [5.74, 6) is 0. The number of hydrogen-bond acceptors (Lipinski definition) is 16. The SMILES string of the molecule is C.CC(C)(C)OC(=O)N(CCCc1ccc(Cl)cc1)[C@@H]1CCC[C@H]1NS(=O)(=O)c1ccc([N+](=O)[O-])cc1.CC(C)(C)OC(=O)OC(=O)OC(C)(C)C.O=[N+]([O-])c1ccc(S(=O)(=O)N[C@@H]2CCC[C@H]2NCCCc2ccc(Cl)cc2)cc1. The Morgan fingerprint density at radius 1 is 0.568 bits per heavy atom. The Morgan fingerprint density at radius 2 is 0.951 bits per heavy atom. The summed E-state index contributed by atoms with van der Waals surface area (Å²) >= 11 is 11.9. The molecule has 0 radical (unpaired) electrons. The summed E-state index contributed by atoms with van der Waals surface area (Å²) in [5, 5.41) is 26.5. The van der Waals surface area contributed by atoms with Crippen molar-refractivity contribution in [2.45, 2.75) is 185 Å². The third-order valence-electron chi connectivity index (χ3n) is 12.0. The van der Waals surface area contributed by atoms with Crippen LogP contribution in [0.3, 0.4) is 0 Å². The van der Waals surface area contributed by atoms with Gasteiger partial charge in [-0.05, 0) is 186 Å². The van der Waals surface area contributed by atoms with E-state index in [9.17, 15) is 51.4 Å². The van der Waals surface area contributed by atoms with E-state index in [4.69, 9.17) is 37.4 Å². The molecule has 1 amide bonds. The van der Waals surface area contributed by atoms with Gasteiger partial charge in [-0.25, -0.2) is 40.7 Å². The van der Waals surface area contributed by atoms with Crippen LogP contribution in [0, 0.1) is 20.2 Å². The predicted octanol–water partition coefficient (Wildman–Crippen LogP) is 12.5. The van der Waals surface area contributed by atoms with E-state index in [2.05, 4.69) is 19.5 Å². The Bertz CT molecular complexity index is 2890. The second kappa shape index (κ2) is 30.9. The Balaban J connectivity index is 0.000000343. The van der Waals surface area contributed by atoms with Gasteiger partial charge in [-0.3, -0.25) is 20.2 Å². The first-order valence-electron chi connectivity index (χ1n) is 26.1. The van der Waals surface area contributed by atoms with Crippen molar-refractivity contribution in [3.05, 3.63) is 138 Å². The zero-order valence-corrected chi connectivity index (χ0v) is 49.7. The van der Waals surface area contributed by atoms with E-state index in [0.29, 0.717) is 30.8 Å². The number of carbonyl (C=O) groups excluding carboxylic acids is 3. The van der Waals surface area contributed by atoms with Gasteiger partial charge in [0.1, 0.15) is 16.8 Å². The fourth-order valence-electron chi connectivity index (χ4n) is 8.48. The van der Waals surface area contributed by atoms with Crippen LogP contribution < -0.4 is 14.8 Å². The van der Waals surface area contributed by atoms with Gasteiger partial charge in [-0.1, -0.05) is 61.3 Å². The van der Waals surface area contributed by atoms with Gasteiger partial charge in [0.25, 0.3) is 11.4 Å². The molecule has 2 saturated carbocycles. The number of aryl methyl sites for hydroxylation is 2. The predicted molar refractivity (Wildman–Crippen MR) is 310 cm³/mol. The van der Waals surface area contributed by atoms with Crippen LogP contribution in [0.2, 0.25) is 10.0 Å². The van der Waals surface area contributed by atoms with Gasteiger partial charge >= 0.3 is 18.4 Å². The first-order valence-corrected chi connectivity index (χ1v) is 29.8. The molecule has 0 heterocycles. The van der Waals surface area contributed by atoms with Crippen molar-refractivity contribution in [2.75, 3.05) is 13.1 Å². The largest absolute Gasteiger partial charge is 0.519 e. The molecule has 6 rings (SSSR count). The molecule has 3 N–H and O–H groups in total. The summed E-state index contributed by atoms with van der Waals surface area (Å²) in [4.78, 5) is 57.3. The Morgan fingerprint density at radius 3 is 1.37 bits per heavy atom. The number of rotatable bonds is 18. The van der Waals surface area contributed by atoms with Gasteiger partial charge in [0.2, 0.25) is 20.0 Å². The second-order valence-corrected chi connectivity index (χ2v) is 26.4. The van der Waals surface area contributed by atoms with Crippen molar-refractivity contribution in [2.24, 2.45) is 0 Å². The number of nitro groups is 2. The Labute approximate surface area is 486 Å². The maximum Gasteiger partial charge on any atom is 0.519 e. The fraction of sp³-hybridized carbons (Fsp3) is 0.518. The van der Waals surface area contributed by atoms with Crippen molar-refractivity contribution in [3.63, 3.8) is 0 Å². The summed E-state index contributed by atoms with van der Waals surface area (Å²) in [6, 6.07) is 24.0. The number of nitrogens with one attached hydrogen (secondary N) is 3. The van der Waals surface area contributed by atoms with Crippen molar-refractivity contribution in [3.8, 4) is 0 Å². The van der Waals surface area contributed by atoms with E-state index in [1.54, 1.807) is 67.2 Å². The molecular formula is C56H78Cl2N6O15S2. The molecule has 25 heteroatoms. The van der Waals surface area contributed by atoms with E-state index in [-0.39, 0.29) is 46.7 Å². The highest BCUT2D eigenvalue weighted by Crippen LogP contribution is 2.29. The smallest absolute Gasteiger partial charge is 0.444 e. The van der Waals surface area contributed by atoms with Crippen molar-refractivity contribution in [1.29, 1.82) is 0 Å². The maximum absolute atomic E-state index is 13.2. The van der Waals surface area contributed by atoms with Gasteiger partial charge < -0.3 is 29.2 Å². The number of benzene rings is 4. The minimum absolute atomic E-state index is 0. The van der Waals surface area contributed by atoms with Gasteiger partial charge in [0.15, 0.2) is 0 Å². The lowest BCUT2D eigenvalue weighted by Gasteiger charge is -2.35. The molecule has 0 saturated heterocycles. The number of ether oxygens (including phenoxy) is 4. The fourth-order valence-corrected chi connectivity index (χ4v) is 11.4. The Hall–Kier alpha value is -5.95. The van der Waals surface area contributed by atoms with Crippen LogP contribution in [0.25, 0.3) is 0 Å². The summed E-state index contributed by atoms with van der Waals surface area (Å²) in [5.41, 5.74) is -0.103. The van der Waals surface area contributed by atoms with Gasteiger partial charge in [0.05, 0.1) is 25.7 Å². The van der Waals surface area contributed by atoms with E-state index in [0.717, 1.165) is 74.2 Å². The average molecular weight is 1210 g/mol. The molecule has 0 bridgehead atoms. The molecule has 4 aromatic rings. The molecular weight excluding hydrogens is 1130 g/mol. The number of sulfonamides is 2. The van der Waals surface area contributed by atoms with Gasteiger partial charge in [-0.2, -0.15) is 0 Å². The number of amides is 1. The molecule has 21 nitrogen and oxygen atoms in total. The molecule has 2 aliphatic rings. The lowest BCUT2D eigenvalue weighted by molar-refractivity contribution is -0.385. The molecule has 0 unspecified atom stereocenters. The molecule has 0 aliphatic heterocycles. The minimum Gasteiger partial charge on any atom is -0.444 e. The highest BCUT2D eigenvalue weighted by molar-refractivity contribution is 7.89. The number of carbonyl (C=O) groups is 3. The number of hydrogen-bond donors (Lipinski definition) is 3. The standard InChI is InChI=1S/C25H32ClN3O6S.C20H24ClN3O4S.C10H18O5.CH4/c1-25(2,3)35-24(30)28(17-5-6-18-9-11-19(26)12-10-18)23-8-4-7-22(23)27-36(33,34)21-15-13-20(14-16-21)29(31)32;21-16-8-6-15(7-9-16)3-2-14-22-19-4-1-5-20(19)23-29(27,28)18-12-10-17(11-13-18)24(25)26;1-9(2,3)14-7(11)13-8(12)15-10(4,5)6;/h9-16,22-23,27H,4-8,17H2,1-3H3;6-13,19-20,22-23H,1-5,14H2;1-6H3;1H4/t22-,23-;19-,20-;;/m11../s1. The van der Waals surface area contributed by atoms with Crippen LogP contribution in [0.5, 0.6) is 0 Å². The molecule has 0 spiro atoms. The van der Waals surface area contributed by atoms with Crippen molar-refractivity contribution < 1.29 is 60.0 Å². The highest BCUT2D eigenvalue weighted by Gasteiger charge is 2.39. The summed E-state index contributed by atoms with van der Waals surface area (Å²) in [6.07, 6.45) is 5.23. The molecule has 448 valence electrons. The first kappa shape index (κ1) is 69.3. The second-order valence-electron chi connectivity index (χ2n) is 22.1. The van der Waals surface area contributed by atoms with Crippen LogP contribution in [0.4, 0.5) is 25.8 Å². The lowest BCUT2D eigenvalue weighted by Crippen LogP contribution is -2.52. The minimum atomic E-state index is -3.94. The van der Waals surface area contributed by atoms with E-state index in [1.807, 2.05) is 48.5 Å². The zero-order chi connectivity index (χ0) is 59.6. The maximum atomic E-state index is 13.2. The van der Waals surface area contributed by atoms with Gasteiger partial charge in [-0.15, -0.1) is 0 Å². The molecule has 81 heavy (non-hydrogen) atoms. The molecule has 4 aromatic carbocycles. The Kier molecular flexibility index (Phi) is 26.5. The quantitative estimate of drug-likeness (QED) is 0.0208. The van der Waals surface area contributed by atoms with Crippen LogP contribution in [-0.2, 0) is 51.8 Å². The van der Waals surface area contributed by atoms with Crippen LogP contribution in [0.1, 0.15) is 132 Å².